The fourth-order valence-electron chi connectivity index (χ4n) is 2.95. The van der Waals surface area contributed by atoms with Crippen molar-refractivity contribution < 1.29 is 9.13 Å². The summed E-state index contributed by atoms with van der Waals surface area (Å²) in [6.45, 7) is 8.59. The summed E-state index contributed by atoms with van der Waals surface area (Å²) in [5.74, 6) is 0.598. The number of halogens is 1. The molecule has 1 saturated heterocycles. The van der Waals surface area contributed by atoms with E-state index in [1.165, 1.54) is 12.1 Å². The summed E-state index contributed by atoms with van der Waals surface area (Å²) in [5.41, 5.74) is 1.11. The van der Waals surface area contributed by atoms with Gasteiger partial charge in [0.1, 0.15) is 5.82 Å². The molecule has 134 valence electrons. The molecular weight excluding hydrogens is 307 g/mol. The van der Waals surface area contributed by atoms with E-state index in [2.05, 4.69) is 34.4 Å². The minimum absolute atomic E-state index is 0.199. The van der Waals surface area contributed by atoms with Gasteiger partial charge in [0.2, 0.25) is 0 Å². The first-order valence-corrected chi connectivity index (χ1v) is 8.62. The zero-order valence-corrected chi connectivity index (χ0v) is 14.9. The maximum Gasteiger partial charge on any atom is 0.191 e. The van der Waals surface area contributed by atoms with Crippen LogP contribution < -0.4 is 10.6 Å². The molecule has 1 aliphatic rings. The topological polar surface area (TPSA) is 48.9 Å². The van der Waals surface area contributed by atoms with Crippen molar-refractivity contribution in [3.05, 3.63) is 35.6 Å². The van der Waals surface area contributed by atoms with Crippen molar-refractivity contribution in [1.29, 1.82) is 0 Å². The van der Waals surface area contributed by atoms with Crippen LogP contribution in [0.1, 0.15) is 19.4 Å². The molecule has 2 unspecified atom stereocenters. The van der Waals surface area contributed by atoms with Crippen molar-refractivity contribution in [2.24, 2.45) is 4.99 Å². The Morgan fingerprint density at radius 3 is 2.79 bits per heavy atom. The van der Waals surface area contributed by atoms with Crippen molar-refractivity contribution in [1.82, 2.24) is 15.5 Å². The third-order valence-corrected chi connectivity index (χ3v) is 4.39. The lowest BCUT2D eigenvalue weighted by Crippen LogP contribution is -2.53. The molecule has 0 spiro atoms. The fraction of sp³-hybridized carbons (Fsp3) is 0.611. The summed E-state index contributed by atoms with van der Waals surface area (Å²) in [7, 11) is 1.77. The number of morpholine rings is 1. The Kier molecular flexibility index (Phi) is 7.46. The molecule has 6 heteroatoms. The normalized spacial score (nSPS) is 20.7. The fourth-order valence-corrected chi connectivity index (χ4v) is 2.95. The van der Waals surface area contributed by atoms with Crippen LogP contribution in [0.3, 0.4) is 0 Å². The van der Waals surface area contributed by atoms with Crippen LogP contribution in [-0.4, -0.2) is 62.8 Å². The van der Waals surface area contributed by atoms with Gasteiger partial charge in [-0.3, -0.25) is 9.89 Å². The van der Waals surface area contributed by atoms with Gasteiger partial charge in [0.25, 0.3) is 0 Å². The van der Waals surface area contributed by atoms with Crippen molar-refractivity contribution >= 4 is 5.96 Å². The van der Waals surface area contributed by atoms with E-state index in [9.17, 15) is 4.39 Å². The first-order chi connectivity index (χ1) is 11.6. The monoisotopic (exact) mass is 336 g/mol. The lowest BCUT2D eigenvalue weighted by molar-refractivity contribution is -0.0174. The van der Waals surface area contributed by atoms with E-state index in [-0.39, 0.29) is 5.82 Å². The summed E-state index contributed by atoms with van der Waals surface area (Å²) in [6.07, 6.45) is 0.830. The van der Waals surface area contributed by atoms with E-state index in [0.29, 0.717) is 12.1 Å². The predicted molar refractivity (Wildman–Crippen MR) is 95.9 cm³/mol. The summed E-state index contributed by atoms with van der Waals surface area (Å²) >= 11 is 0. The molecule has 0 amide bonds. The Labute approximate surface area is 144 Å². The Morgan fingerprint density at radius 2 is 2.12 bits per heavy atom. The number of guanidine groups is 1. The maximum atomic E-state index is 12.9. The highest BCUT2D eigenvalue weighted by Gasteiger charge is 2.23. The molecule has 24 heavy (non-hydrogen) atoms. The van der Waals surface area contributed by atoms with Crippen LogP contribution in [0.25, 0.3) is 0 Å². The second-order valence-electron chi connectivity index (χ2n) is 6.27. The van der Waals surface area contributed by atoms with Gasteiger partial charge in [0, 0.05) is 38.8 Å². The minimum Gasteiger partial charge on any atom is -0.379 e. The molecule has 0 bridgehead atoms. The number of benzene rings is 1. The highest BCUT2D eigenvalue weighted by molar-refractivity contribution is 5.79. The van der Waals surface area contributed by atoms with E-state index in [0.717, 1.165) is 50.8 Å². The van der Waals surface area contributed by atoms with Gasteiger partial charge < -0.3 is 15.4 Å². The van der Waals surface area contributed by atoms with Crippen LogP contribution in [0.5, 0.6) is 0 Å². The molecule has 0 aliphatic carbocycles. The summed E-state index contributed by atoms with van der Waals surface area (Å²) in [4.78, 5) is 6.72. The van der Waals surface area contributed by atoms with Crippen molar-refractivity contribution in [2.45, 2.75) is 32.4 Å². The van der Waals surface area contributed by atoms with Crippen LogP contribution in [0, 0.1) is 5.82 Å². The predicted octanol–water partition coefficient (Wildman–Crippen LogP) is 1.64. The molecule has 0 saturated carbocycles. The Balaban J connectivity index is 1.70. The number of ether oxygens (including phenoxy) is 1. The molecule has 2 atom stereocenters. The largest absolute Gasteiger partial charge is 0.379 e. The molecule has 1 aromatic carbocycles. The minimum atomic E-state index is -0.199. The van der Waals surface area contributed by atoms with Gasteiger partial charge >= 0.3 is 0 Å². The van der Waals surface area contributed by atoms with Gasteiger partial charge in [-0.1, -0.05) is 12.1 Å². The van der Waals surface area contributed by atoms with Crippen LogP contribution >= 0.6 is 0 Å². The van der Waals surface area contributed by atoms with Gasteiger partial charge in [-0.15, -0.1) is 0 Å². The number of nitrogens with one attached hydrogen (secondary N) is 2. The third-order valence-electron chi connectivity index (χ3n) is 4.39. The van der Waals surface area contributed by atoms with E-state index >= 15 is 0 Å². The molecular formula is C18H29FN4O. The molecule has 5 nitrogen and oxygen atoms in total. The highest BCUT2D eigenvalue weighted by atomic mass is 19.1. The Morgan fingerprint density at radius 1 is 1.38 bits per heavy atom. The average Bonchev–Trinajstić information content (AvgIpc) is 2.59. The molecule has 0 aromatic heterocycles. The Hall–Kier alpha value is -1.66. The zero-order chi connectivity index (χ0) is 17.4. The van der Waals surface area contributed by atoms with E-state index < -0.39 is 0 Å². The molecule has 1 fully saturated rings. The van der Waals surface area contributed by atoms with E-state index in [1.807, 2.05) is 12.1 Å². The standard InChI is InChI=1S/C18H29FN4O/c1-14(23-10-11-24-13-15(23)2)12-22-18(20-3)21-9-8-16-4-6-17(19)7-5-16/h4-7,14-15H,8-13H2,1-3H3,(H2,20,21,22). The maximum absolute atomic E-state index is 12.9. The lowest BCUT2D eigenvalue weighted by Gasteiger charge is -2.38. The van der Waals surface area contributed by atoms with Crippen molar-refractivity contribution in [3.63, 3.8) is 0 Å². The molecule has 1 aromatic rings. The quantitative estimate of drug-likeness (QED) is 0.613. The van der Waals surface area contributed by atoms with Gasteiger partial charge in [-0.2, -0.15) is 0 Å². The van der Waals surface area contributed by atoms with E-state index in [4.69, 9.17) is 4.74 Å². The van der Waals surface area contributed by atoms with Gasteiger partial charge in [0.15, 0.2) is 5.96 Å². The second kappa shape index (κ2) is 9.59. The van der Waals surface area contributed by atoms with Gasteiger partial charge in [-0.05, 0) is 38.0 Å². The van der Waals surface area contributed by atoms with Gasteiger partial charge in [-0.25, -0.2) is 4.39 Å². The molecule has 2 rings (SSSR count). The summed E-state index contributed by atoms with van der Waals surface area (Å²) in [5, 5.41) is 6.68. The second-order valence-corrected chi connectivity index (χ2v) is 6.27. The van der Waals surface area contributed by atoms with Crippen molar-refractivity contribution in [3.8, 4) is 0 Å². The molecule has 0 radical (unpaired) electrons. The molecule has 1 heterocycles. The highest BCUT2D eigenvalue weighted by Crippen LogP contribution is 2.10. The van der Waals surface area contributed by atoms with Crippen LogP contribution in [-0.2, 0) is 11.2 Å². The van der Waals surface area contributed by atoms with Crippen molar-refractivity contribution in [2.75, 3.05) is 39.9 Å². The zero-order valence-electron chi connectivity index (χ0n) is 14.9. The molecule has 1 aliphatic heterocycles. The summed E-state index contributed by atoms with van der Waals surface area (Å²) in [6, 6.07) is 7.48. The van der Waals surface area contributed by atoms with Crippen LogP contribution in [0.15, 0.2) is 29.3 Å². The first-order valence-electron chi connectivity index (χ1n) is 8.62. The van der Waals surface area contributed by atoms with Crippen LogP contribution in [0.2, 0.25) is 0 Å². The lowest BCUT2D eigenvalue weighted by atomic mass is 10.1. The van der Waals surface area contributed by atoms with Gasteiger partial charge in [0.05, 0.1) is 13.2 Å². The average molecular weight is 336 g/mol. The number of hydrogen-bond donors (Lipinski definition) is 2. The van der Waals surface area contributed by atoms with Crippen LogP contribution in [0.4, 0.5) is 4.39 Å². The number of rotatable bonds is 6. The third kappa shape index (κ3) is 5.76. The SMILES string of the molecule is CN=C(NCCc1ccc(F)cc1)NCC(C)N1CCOCC1C. The smallest absolute Gasteiger partial charge is 0.191 e. The molecule has 2 N–H and O–H groups in total. The number of aliphatic imine (C=N–C) groups is 1. The number of hydrogen-bond acceptors (Lipinski definition) is 3. The first kappa shape index (κ1) is 18.7. The Bertz CT molecular complexity index is 520. The number of nitrogens with zero attached hydrogens (tertiary/aromatic N) is 2. The van der Waals surface area contributed by atoms with E-state index in [1.54, 1.807) is 7.05 Å². The summed E-state index contributed by atoms with van der Waals surface area (Å²) < 4.78 is 18.4.